The lowest BCUT2D eigenvalue weighted by Crippen LogP contribution is -2.47. The largest absolute Gasteiger partial charge is 0.497 e. The molecule has 0 spiro atoms. The first-order chi connectivity index (χ1) is 13.5. The molecule has 1 saturated heterocycles. The Morgan fingerprint density at radius 3 is 2.14 bits per heavy atom. The minimum absolute atomic E-state index is 0.00289. The Labute approximate surface area is 164 Å². The number of amides is 2. The molecule has 0 bridgehead atoms. The van der Waals surface area contributed by atoms with Crippen LogP contribution in [0.2, 0.25) is 0 Å². The van der Waals surface area contributed by atoms with E-state index in [1.807, 2.05) is 11.9 Å². The van der Waals surface area contributed by atoms with Gasteiger partial charge in [-0.2, -0.15) is 0 Å². The monoisotopic (exact) mass is 383 g/mol. The normalized spacial score (nSPS) is 14.5. The van der Waals surface area contributed by atoms with Crippen LogP contribution in [0.4, 0.5) is 5.69 Å². The molecular formula is C21H25N3O4. The van der Waals surface area contributed by atoms with Crippen molar-refractivity contribution in [2.24, 2.45) is 0 Å². The minimum atomic E-state index is -0.276. The zero-order chi connectivity index (χ0) is 20.1. The molecule has 28 heavy (non-hydrogen) atoms. The van der Waals surface area contributed by atoms with Crippen molar-refractivity contribution in [3.63, 3.8) is 0 Å². The van der Waals surface area contributed by atoms with Crippen molar-refractivity contribution in [3.8, 4) is 11.5 Å². The van der Waals surface area contributed by atoms with Crippen LogP contribution in [0.25, 0.3) is 0 Å². The first kappa shape index (κ1) is 19.7. The van der Waals surface area contributed by atoms with Crippen LogP contribution >= 0.6 is 0 Å². The van der Waals surface area contributed by atoms with Gasteiger partial charge >= 0.3 is 0 Å². The topological polar surface area (TPSA) is 71.1 Å². The van der Waals surface area contributed by atoms with Gasteiger partial charge in [0.05, 0.1) is 19.9 Å². The summed E-state index contributed by atoms with van der Waals surface area (Å²) in [6.07, 6.45) is 0. The Morgan fingerprint density at radius 2 is 1.54 bits per heavy atom. The molecule has 0 atom stereocenters. The molecule has 2 amide bonds. The van der Waals surface area contributed by atoms with E-state index in [0.717, 1.165) is 26.2 Å². The van der Waals surface area contributed by atoms with Gasteiger partial charge in [0.2, 0.25) is 0 Å². The number of likely N-dealkylation sites (N-methyl/N-ethyl adjacent to an activating group) is 1. The Bertz CT molecular complexity index is 843. The summed E-state index contributed by atoms with van der Waals surface area (Å²) in [5, 5.41) is 2.83. The van der Waals surface area contributed by atoms with Crippen LogP contribution < -0.4 is 14.8 Å². The maximum Gasteiger partial charge on any atom is 0.255 e. The molecule has 3 rings (SSSR count). The van der Waals surface area contributed by atoms with Crippen molar-refractivity contribution in [1.29, 1.82) is 0 Å². The number of hydrogen-bond acceptors (Lipinski definition) is 5. The molecule has 0 radical (unpaired) electrons. The van der Waals surface area contributed by atoms with E-state index in [4.69, 9.17) is 9.47 Å². The SMILES string of the molecule is COc1ccc(NC(=O)c2ccc(C(=O)N3CCN(C)CC3)cc2)c(OC)c1. The smallest absolute Gasteiger partial charge is 0.255 e. The van der Waals surface area contributed by atoms with E-state index >= 15 is 0 Å². The molecule has 1 N–H and O–H groups in total. The number of ether oxygens (including phenoxy) is 2. The van der Waals surface area contributed by atoms with E-state index in [2.05, 4.69) is 10.2 Å². The molecule has 0 aliphatic carbocycles. The lowest BCUT2D eigenvalue weighted by Gasteiger charge is -2.32. The van der Waals surface area contributed by atoms with Crippen molar-refractivity contribution in [2.75, 3.05) is 52.8 Å². The highest BCUT2D eigenvalue weighted by Gasteiger charge is 2.20. The molecule has 7 nitrogen and oxygen atoms in total. The average molecular weight is 383 g/mol. The molecule has 1 heterocycles. The van der Waals surface area contributed by atoms with Crippen molar-refractivity contribution in [1.82, 2.24) is 9.80 Å². The van der Waals surface area contributed by atoms with E-state index in [0.29, 0.717) is 28.3 Å². The molecule has 0 saturated carbocycles. The molecule has 2 aromatic carbocycles. The van der Waals surface area contributed by atoms with Crippen LogP contribution in [0, 0.1) is 0 Å². The fraction of sp³-hybridized carbons (Fsp3) is 0.333. The van der Waals surface area contributed by atoms with Crippen LogP contribution in [0.5, 0.6) is 11.5 Å². The number of rotatable bonds is 5. The van der Waals surface area contributed by atoms with Gasteiger partial charge in [0, 0.05) is 43.4 Å². The zero-order valence-electron chi connectivity index (χ0n) is 16.4. The second kappa shape index (κ2) is 8.75. The third-order valence-corrected chi connectivity index (χ3v) is 4.84. The molecule has 7 heteroatoms. The van der Waals surface area contributed by atoms with Gasteiger partial charge in [-0.25, -0.2) is 0 Å². The molecule has 1 aliphatic heterocycles. The molecule has 1 fully saturated rings. The van der Waals surface area contributed by atoms with Crippen LogP contribution in [0.15, 0.2) is 42.5 Å². The lowest BCUT2D eigenvalue weighted by molar-refractivity contribution is 0.0664. The number of carbonyl (C=O) groups excluding carboxylic acids is 2. The standard InChI is InChI=1S/C21H25N3O4/c1-23-10-12-24(13-11-23)21(26)16-6-4-15(5-7-16)20(25)22-18-9-8-17(27-2)14-19(18)28-3/h4-9,14H,10-13H2,1-3H3,(H,22,25). The van der Waals surface area contributed by atoms with E-state index in [1.54, 1.807) is 49.6 Å². The highest BCUT2D eigenvalue weighted by molar-refractivity contribution is 6.05. The van der Waals surface area contributed by atoms with Gasteiger partial charge in [-0.05, 0) is 43.4 Å². The van der Waals surface area contributed by atoms with Crippen LogP contribution in [-0.4, -0.2) is 69.1 Å². The predicted octanol–water partition coefficient (Wildman–Crippen LogP) is 2.34. The van der Waals surface area contributed by atoms with Crippen LogP contribution in [0.3, 0.4) is 0 Å². The number of hydrogen-bond donors (Lipinski definition) is 1. The van der Waals surface area contributed by atoms with Gasteiger partial charge in [0.15, 0.2) is 0 Å². The third kappa shape index (κ3) is 4.43. The van der Waals surface area contributed by atoms with Gasteiger partial charge in [-0.1, -0.05) is 0 Å². The summed E-state index contributed by atoms with van der Waals surface area (Å²) in [6, 6.07) is 11.9. The van der Waals surface area contributed by atoms with Crippen molar-refractivity contribution < 1.29 is 19.1 Å². The Kier molecular flexibility index (Phi) is 6.16. The van der Waals surface area contributed by atoms with Crippen LogP contribution in [0.1, 0.15) is 20.7 Å². The van der Waals surface area contributed by atoms with Gasteiger partial charge < -0.3 is 24.6 Å². The van der Waals surface area contributed by atoms with Gasteiger partial charge in [0.1, 0.15) is 11.5 Å². The summed E-state index contributed by atoms with van der Waals surface area (Å²) in [5.74, 6) is 0.870. The number of nitrogens with one attached hydrogen (secondary N) is 1. The van der Waals surface area contributed by atoms with Gasteiger partial charge in [-0.3, -0.25) is 9.59 Å². The highest BCUT2D eigenvalue weighted by atomic mass is 16.5. The van der Waals surface area contributed by atoms with Crippen molar-refractivity contribution in [3.05, 3.63) is 53.6 Å². The van der Waals surface area contributed by atoms with Gasteiger partial charge in [-0.15, -0.1) is 0 Å². The van der Waals surface area contributed by atoms with E-state index in [-0.39, 0.29) is 11.8 Å². The fourth-order valence-corrected chi connectivity index (χ4v) is 3.05. The zero-order valence-corrected chi connectivity index (χ0v) is 16.4. The Balaban J connectivity index is 1.68. The third-order valence-electron chi connectivity index (χ3n) is 4.84. The highest BCUT2D eigenvalue weighted by Crippen LogP contribution is 2.29. The molecular weight excluding hydrogens is 358 g/mol. The minimum Gasteiger partial charge on any atom is -0.497 e. The quantitative estimate of drug-likeness (QED) is 0.858. The molecule has 0 unspecified atom stereocenters. The summed E-state index contributed by atoms with van der Waals surface area (Å²) < 4.78 is 10.5. The van der Waals surface area contributed by atoms with E-state index in [9.17, 15) is 9.59 Å². The number of nitrogens with zero attached hydrogens (tertiary/aromatic N) is 2. The first-order valence-corrected chi connectivity index (χ1v) is 9.13. The summed E-state index contributed by atoms with van der Waals surface area (Å²) in [5.41, 5.74) is 1.60. The van der Waals surface area contributed by atoms with Crippen molar-refractivity contribution in [2.45, 2.75) is 0 Å². The maximum absolute atomic E-state index is 12.6. The summed E-state index contributed by atoms with van der Waals surface area (Å²) >= 11 is 0. The van der Waals surface area contributed by atoms with E-state index in [1.165, 1.54) is 7.11 Å². The van der Waals surface area contributed by atoms with E-state index < -0.39 is 0 Å². The summed E-state index contributed by atoms with van der Waals surface area (Å²) in [4.78, 5) is 29.2. The second-order valence-corrected chi connectivity index (χ2v) is 6.69. The summed E-state index contributed by atoms with van der Waals surface area (Å²) in [6.45, 7) is 3.18. The number of anilines is 1. The maximum atomic E-state index is 12.6. The molecule has 0 aromatic heterocycles. The Hall–Kier alpha value is -3.06. The average Bonchev–Trinajstić information content (AvgIpc) is 2.74. The first-order valence-electron chi connectivity index (χ1n) is 9.13. The van der Waals surface area contributed by atoms with Gasteiger partial charge in [0.25, 0.3) is 11.8 Å². The summed E-state index contributed by atoms with van der Waals surface area (Å²) in [7, 11) is 5.15. The predicted molar refractivity (Wildman–Crippen MR) is 107 cm³/mol. The Morgan fingerprint density at radius 1 is 0.893 bits per heavy atom. The molecule has 148 valence electrons. The fourth-order valence-electron chi connectivity index (χ4n) is 3.05. The number of methoxy groups -OCH3 is 2. The number of carbonyl (C=O) groups is 2. The second-order valence-electron chi connectivity index (χ2n) is 6.69. The molecule has 2 aromatic rings. The lowest BCUT2D eigenvalue weighted by atomic mass is 10.1. The van der Waals surface area contributed by atoms with Crippen molar-refractivity contribution >= 4 is 17.5 Å². The number of piperazine rings is 1. The van der Waals surface area contributed by atoms with Crippen LogP contribution in [-0.2, 0) is 0 Å². The number of benzene rings is 2. The molecule has 1 aliphatic rings.